The molecule has 2 aromatic carbocycles. The number of carboxylic acids is 1. The largest absolute Gasteiger partial charge is 0.480 e. The molecule has 0 radical (unpaired) electrons. The minimum absolute atomic E-state index is 0. The molecule has 0 bridgehead atoms. The third-order valence-corrected chi connectivity index (χ3v) is 4.88. The van der Waals surface area contributed by atoms with Crippen molar-refractivity contribution in [1.82, 2.24) is 5.32 Å². The van der Waals surface area contributed by atoms with Crippen molar-refractivity contribution in [3.8, 4) is 11.1 Å². The molecule has 3 rings (SSSR count). The zero-order valence-corrected chi connectivity index (χ0v) is 17.1. The maximum atomic E-state index is 12.2. The minimum atomic E-state index is -1.14. The van der Waals surface area contributed by atoms with Crippen LogP contribution in [0.5, 0.6) is 0 Å². The number of carboxylic acid groups (broad SMARTS) is 1. The SMILES string of the molecule is Cl.NC(N)=NCCC[C@@H](NC(=O)OCC1c2ccccc2-c2ccccc21)C(=O)O. The van der Waals surface area contributed by atoms with Gasteiger partial charge in [0.1, 0.15) is 12.6 Å². The molecule has 0 saturated carbocycles. The predicted molar refractivity (Wildman–Crippen MR) is 117 cm³/mol. The van der Waals surface area contributed by atoms with E-state index in [1.165, 1.54) is 0 Å². The van der Waals surface area contributed by atoms with E-state index in [4.69, 9.17) is 16.2 Å². The Morgan fingerprint density at radius 1 is 1.07 bits per heavy atom. The number of alkyl carbamates (subject to hydrolysis) is 1. The number of guanidine groups is 1. The van der Waals surface area contributed by atoms with Gasteiger partial charge >= 0.3 is 12.1 Å². The fourth-order valence-electron chi connectivity index (χ4n) is 3.54. The molecule has 0 unspecified atom stereocenters. The number of benzene rings is 2. The number of halogens is 1. The van der Waals surface area contributed by atoms with E-state index in [0.29, 0.717) is 13.0 Å². The lowest BCUT2D eigenvalue weighted by Gasteiger charge is -2.17. The first-order valence-electron chi connectivity index (χ1n) is 9.37. The molecule has 8 nitrogen and oxygen atoms in total. The van der Waals surface area contributed by atoms with Crippen LogP contribution in [0.4, 0.5) is 4.79 Å². The van der Waals surface area contributed by atoms with Crippen molar-refractivity contribution >= 4 is 30.4 Å². The third-order valence-electron chi connectivity index (χ3n) is 4.88. The van der Waals surface area contributed by atoms with Gasteiger partial charge in [-0.05, 0) is 35.1 Å². The van der Waals surface area contributed by atoms with Gasteiger partial charge in [-0.2, -0.15) is 0 Å². The Kier molecular flexibility index (Phi) is 8.06. The average Bonchev–Trinajstić information content (AvgIpc) is 3.02. The molecule has 0 aromatic heterocycles. The van der Waals surface area contributed by atoms with Crippen molar-refractivity contribution in [3.05, 3.63) is 59.7 Å². The van der Waals surface area contributed by atoms with Crippen LogP contribution in [-0.4, -0.2) is 42.3 Å². The van der Waals surface area contributed by atoms with E-state index in [-0.39, 0.29) is 37.3 Å². The van der Waals surface area contributed by atoms with Gasteiger partial charge in [-0.1, -0.05) is 48.5 Å². The Balaban J connectivity index is 0.00000320. The number of fused-ring (bicyclic) bond motifs is 3. The average molecular weight is 433 g/mol. The molecule has 1 aliphatic rings. The summed E-state index contributed by atoms with van der Waals surface area (Å²) in [5.74, 6) is -1.28. The lowest BCUT2D eigenvalue weighted by molar-refractivity contribution is -0.139. The number of aliphatic carboxylic acids is 1. The Hall–Kier alpha value is -3.26. The lowest BCUT2D eigenvalue weighted by Crippen LogP contribution is -2.41. The predicted octanol–water partition coefficient (Wildman–Crippen LogP) is 2.45. The van der Waals surface area contributed by atoms with Crippen LogP contribution in [0, 0.1) is 0 Å². The maximum Gasteiger partial charge on any atom is 0.407 e. The molecule has 0 aliphatic heterocycles. The molecule has 1 aliphatic carbocycles. The van der Waals surface area contributed by atoms with Crippen LogP contribution in [0.15, 0.2) is 53.5 Å². The van der Waals surface area contributed by atoms with Gasteiger partial charge in [-0.3, -0.25) is 4.99 Å². The number of nitrogens with two attached hydrogens (primary N) is 2. The summed E-state index contributed by atoms with van der Waals surface area (Å²) in [5.41, 5.74) is 14.9. The number of ether oxygens (including phenoxy) is 1. The fraction of sp³-hybridized carbons (Fsp3) is 0.286. The Labute approximate surface area is 180 Å². The Morgan fingerprint density at radius 2 is 1.63 bits per heavy atom. The molecule has 160 valence electrons. The topological polar surface area (TPSA) is 140 Å². The standard InChI is InChI=1S/C21H24N4O4.ClH/c22-20(23)24-11-5-10-18(19(26)27)25-21(28)29-12-17-15-8-3-1-6-13(15)14-7-2-4-9-16(14)17;/h1-4,6-9,17-18H,5,10-12H2,(H,25,28)(H,26,27)(H4,22,23,24);1H/t18-;/m1./s1. The van der Waals surface area contributed by atoms with Crippen LogP contribution in [0.1, 0.15) is 29.9 Å². The quantitative estimate of drug-likeness (QED) is 0.287. The van der Waals surface area contributed by atoms with Crippen molar-refractivity contribution in [2.24, 2.45) is 16.5 Å². The fourth-order valence-corrected chi connectivity index (χ4v) is 3.54. The number of hydrogen-bond acceptors (Lipinski definition) is 4. The second-order valence-electron chi connectivity index (χ2n) is 6.81. The maximum absolute atomic E-state index is 12.2. The number of aliphatic imine (C=N–C) groups is 1. The van der Waals surface area contributed by atoms with Crippen LogP contribution in [0.3, 0.4) is 0 Å². The summed E-state index contributed by atoms with van der Waals surface area (Å²) in [4.78, 5) is 27.4. The zero-order valence-electron chi connectivity index (χ0n) is 16.3. The van der Waals surface area contributed by atoms with E-state index < -0.39 is 18.1 Å². The van der Waals surface area contributed by atoms with Crippen molar-refractivity contribution in [2.45, 2.75) is 24.8 Å². The van der Waals surface area contributed by atoms with Gasteiger partial charge in [0.2, 0.25) is 0 Å². The van der Waals surface area contributed by atoms with Crippen molar-refractivity contribution < 1.29 is 19.4 Å². The van der Waals surface area contributed by atoms with Gasteiger partial charge in [0, 0.05) is 12.5 Å². The van der Waals surface area contributed by atoms with Crippen LogP contribution in [0.25, 0.3) is 11.1 Å². The number of rotatable bonds is 8. The van der Waals surface area contributed by atoms with Gasteiger partial charge in [0.15, 0.2) is 5.96 Å². The molecule has 30 heavy (non-hydrogen) atoms. The number of nitrogens with zero attached hydrogens (tertiary/aromatic N) is 1. The first-order valence-corrected chi connectivity index (χ1v) is 9.37. The summed E-state index contributed by atoms with van der Waals surface area (Å²) in [5, 5.41) is 11.7. The third kappa shape index (κ3) is 5.42. The molecule has 1 atom stereocenters. The van der Waals surface area contributed by atoms with E-state index >= 15 is 0 Å². The monoisotopic (exact) mass is 432 g/mol. The summed E-state index contributed by atoms with van der Waals surface area (Å²) in [6.45, 7) is 0.415. The normalized spacial score (nSPS) is 12.7. The van der Waals surface area contributed by atoms with E-state index in [1.807, 2.05) is 48.5 Å². The van der Waals surface area contributed by atoms with Crippen molar-refractivity contribution in [3.63, 3.8) is 0 Å². The number of amides is 1. The van der Waals surface area contributed by atoms with Gasteiger partial charge < -0.3 is 26.6 Å². The van der Waals surface area contributed by atoms with E-state index in [9.17, 15) is 14.7 Å². The highest BCUT2D eigenvalue weighted by Gasteiger charge is 2.29. The summed E-state index contributed by atoms with van der Waals surface area (Å²) < 4.78 is 5.38. The molecule has 1 amide bonds. The smallest absolute Gasteiger partial charge is 0.407 e. The van der Waals surface area contributed by atoms with Gasteiger partial charge in [-0.15, -0.1) is 12.4 Å². The Morgan fingerprint density at radius 3 is 2.17 bits per heavy atom. The molecule has 0 spiro atoms. The summed E-state index contributed by atoms with van der Waals surface area (Å²) in [6.07, 6.45) is -0.157. The van der Waals surface area contributed by atoms with Crippen LogP contribution < -0.4 is 16.8 Å². The van der Waals surface area contributed by atoms with Crippen LogP contribution in [0.2, 0.25) is 0 Å². The van der Waals surface area contributed by atoms with Gasteiger partial charge in [0.05, 0.1) is 0 Å². The molecule has 0 heterocycles. The Bertz CT molecular complexity index is 885. The highest BCUT2D eigenvalue weighted by atomic mass is 35.5. The molecule has 2 aromatic rings. The number of nitrogens with one attached hydrogen (secondary N) is 1. The lowest BCUT2D eigenvalue weighted by atomic mass is 9.98. The van der Waals surface area contributed by atoms with Gasteiger partial charge in [-0.25, -0.2) is 9.59 Å². The summed E-state index contributed by atoms with van der Waals surface area (Å²) >= 11 is 0. The molecule has 0 fully saturated rings. The second kappa shape index (κ2) is 10.5. The van der Waals surface area contributed by atoms with E-state index in [0.717, 1.165) is 22.3 Å². The first-order chi connectivity index (χ1) is 14.0. The van der Waals surface area contributed by atoms with Gasteiger partial charge in [0.25, 0.3) is 0 Å². The number of hydrogen-bond donors (Lipinski definition) is 4. The molecular weight excluding hydrogens is 408 g/mol. The summed E-state index contributed by atoms with van der Waals surface area (Å²) in [6, 6.07) is 14.9. The van der Waals surface area contributed by atoms with Crippen molar-refractivity contribution in [1.29, 1.82) is 0 Å². The first kappa shape index (κ1) is 23.0. The van der Waals surface area contributed by atoms with Crippen LogP contribution in [-0.2, 0) is 9.53 Å². The van der Waals surface area contributed by atoms with Crippen LogP contribution >= 0.6 is 12.4 Å². The number of carbonyl (C=O) groups excluding carboxylic acids is 1. The highest BCUT2D eigenvalue weighted by molar-refractivity contribution is 5.85. The van der Waals surface area contributed by atoms with E-state index in [2.05, 4.69) is 10.3 Å². The highest BCUT2D eigenvalue weighted by Crippen LogP contribution is 2.44. The zero-order chi connectivity index (χ0) is 20.8. The van der Waals surface area contributed by atoms with Crippen molar-refractivity contribution in [2.75, 3.05) is 13.2 Å². The second-order valence-corrected chi connectivity index (χ2v) is 6.81. The summed E-state index contributed by atoms with van der Waals surface area (Å²) in [7, 11) is 0. The molecule has 6 N–H and O–H groups in total. The minimum Gasteiger partial charge on any atom is -0.480 e. The molecular formula is C21H25ClN4O4. The molecule has 0 saturated heterocycles. The molecule has 9 heteroatoms. The van der Waals surface area contributed by atoms with E-state index in [1.54, 1.807) is 0 Å². The number of carbonyl (C=O) groups is 2.